The Morgan fingerprint density at radius 1 is 1.00 bits per heavy atom. The molecular formula is C17H32BrNO. The molecule has 1 aliphatic carbocycles. The summed E-state index contributed by atoms with van der Waals surface area (Å²) in [5.41, 5.74) is 0. The zero-order valence-corrected chi connectivity index (χ0v) is 14.7. The molecule has 0 radical (unpaired) electrons. The van der Waals surface area contributed by atoms with E-state index in [0.717, 1.165) is 19.4 Å². The molecule has 0 saturated heterocycles. The second kappa shape index (κ2) is 11.6. The van der Waals surface area contributed by atoms with E-state index in [-0.39, 0.29) is 5.91 Å². The molecule has 0 aromatic carbocycles. The van der Waals surface area contributed by atoms with Crippen molar-refractivity contribution in [3.05, 3.63) is 0 Å². The Morgan fingerprint density at radius 3 is 2.25 bits per heavy atom. The predicted octanol–water partition coefficient (Wildman–Crippen LogP) is 5.20. The van der Waals surface area contributed by atoms with Gasteiger partial charge in [-0.2, -0.15) is 0 Å². The van der Waals surface area contributed by atoms with E-state index in [4.69, 9.17) is 0 Å². The lowest BCUT2D eigenvalue weighted by molar-refractivity contribution is -0.121. The third-order valence-corrected chi connectivity index (χ3v) is 5.29. The van der Waals surface area contributed by atoms with E-state index in [0.29, 0.717) is 10.7 Å². The third-order valence-electron chi connectivity index (χ3n) is 4.37. The Hall–Kier alpha value is -0.0500. The molecule has 1 saturated carbocycles. The number of rotatable bonds is 10. The van der Waals surface area contributed by atoms with Crippen LogP contribution in [0.2, 0.25) is 0 Å². The van der Waals surface area contributed by atoms with Gasteiger partial charge in [-0.25, -0.2) is 0 Å². The van der Waals surface area contributed by atoms with Crippen LogP contribution in [0.5, 0.6) is 0 Å². The summed E-state index contributed by atoms with van der Waals surface area (Å²) in [6, 6.07) is 0. The first-order valence-corrected chi connectivity index (χ1v) is 9.54. The van der Waals surface area contributed by atoms with Crippen LogP contribution in [0.15, 0.2) is 0 Å². The van der Waals surface area contributed by atoms with Gasteiger partial charge >= 0.3 is 0 Å². The molecule has 0 aromatic rings. The number of hydrogen-bond donors (Lipinski definition) is 1. The van der Waals surface area contributed by atoms with Crippen molar-refractivity contribution in [3.8, 4) is 0 Å². The predicted molar refractivity (Wildman–Crippen MR) is 90.3 cm³/mol. The summed E-state index contributed by atoms with van der Waals surface area (Å²) in [5, 5.41) is 3.12. The molecule has 118 valence electrons. The Kier molecular flexibility index (Phi) is 10.4. The number of carbonyl (C=O) groups excluding carboxylic acids is 1. The van der Waals surface area contributed by atoms with E-state index in [1.807, 2.05) is 0 Å². The van der Waals surface area contributed by atoms with E-state index in [2.05, 4.69) is 28.2 Å². The summed E-state index contributed by atoms with van der Waals surface area (Å²) >= 11 is 3.67. The van der Waals surface area contributed by atoms with Crippen LogP contribution >= 0.6 is 15.9 Å². The van der Waals surface area contributed by atoms with Gasteiger partial charge in [0.05, 0.1) is 0 Å². The number of alkyl halides is 1. The maximum Gasteiger partial charge on any atom is 0.220 e. The van der Waals surface area contributed by atoms with Gasteiger partial charge in [-0.1, -0.05) is 61.4 Å². The van der Waals surface area contributed by atoms with E-state index < -0.39 is 0 Å². The fraction of sp³-hybridized carbons (Fsp3) is 0.941. The molecule has 0 heterocycles. The summed E-state index contributed by atoms with van der Waals surface area (Å²) in [6.45, 7) is 3.14. The molecule has 1 rings (SSSR count). The number of unbranched alkanes of at least 4 members (excludes halogenated alkanes) is 6. The van der Waals surface area contributed by atoms with Gasteiger partial charge in [-0.3, -0.25) is 4.79 Å². The van der Waals surface area contributed by atoms with Gasteiger partial charge in [-0.05, 0) is 38.0 Å². The smallest absolute Gasteiger partial charge is 0.220 e. The van der Waals surface area contributed by atoms with Crippen molar-refractivity contribution >= 4 is 21.8 Å². The minimum absolute atomic E-state index is 0.263. The Bertz CT molecular complexity index is 249. The molecule has 0 aromatic heterocycles. The molecule has 0 aliphatic heterocycles. The topological polar surface area (TPSA) is 29.1 Å². The lowest BCUT2D eigenvalue weighted by atomic mass is 9.89. The number of carbonyl (C=O) groups is 1. The highest BCUT2D eigenvalue weighted by Gasteiger charge is 2.19. The standard InChI is InChI=1S/C17H32BrNO/c1-2-3-4-5-6-7-8-9-17(20)19-14-15-10-12-16(18)13-11-15/h15-16H,2-14H2,1H3,(H,19,20). The minimum Gasteiger partial charge on any atom is -0.356 e. The molecule has 1 fully saturated rings. The molecule has 20 heavy (non-hydrogen) atoms. The summed E-state index contributed by atoms with van der Waals surface area (Å²) in [6.07, 6.45) is 14.7. The first kappa shape index (κ1) is 18.0. The van der Waals surface area contributed by atoms with Crippen LogP contribution < -0.4 is 5.32 Å². The number of halogens is 1. The van der Waals surface area contributed by atoms with Gasteiger partial charge in [0.1, 0.15) is 0 Å². The molecule has 1 N–H and O–H groups in total. The van der Waals surface area contributed by atoms with Crippen LogP contribution in [0, 0.1) is 5.92 Å². The van der Waals surface area contributed by atoms with Crippen LogP contribution in [0.25, 0.3) is 0 Å². The lowest BCUT2D eigenvalue weighted by Crippen LogP contribution is -2.31. The second-order valence-corrected chi connectivity index (χ2v) is 7.59. The van der Waals surface area contributed by atoms with Gasteiger partial charge in [0.2, 0.25) is 5.91 Å². The van der Waals surface area contributed by atoms with E-state index in [1.54, 1.807) is 0 Å². The summed E-state index contributed by atoms with van der Waals surface area (Å²) in [4.78, 5) is 12.5. The third kappa shape index (κ3) is 8.99. The monoisotopic (exact) mass is 345 g/mol. The molecule has 0 unspecified atom stereocenters. The van der Waals surface area contributed by atoms with Crippen LogP contribution in [0.3, 0.4) is 0 Å². The molecule has 1 amide bonds. The Morgan fingerprint density at radius 2 is 1.60 bits per heavy atom. The highest BCUT2D eigenvalue weighted by Crippen LogP contribution is 2.28. The van der Waals surface area contributed by atoms with Crippen LogP contribution in [-0.2, 0) is 4.79 Å². The Labute approximate surface area is 133 Å². The van der Waals surface area contributed by atoms with Crippen molar-refractivity contribution in [2.45, 2.75) is 88.8 Å². The number of amides is 1. The van der Waals surface area contributed by atoms with Crippen molar-refractivity contribution in [2.24, 2.45) is 5.92 Å². The normalized spacial score (nSPS) is 22.7. The van der Waals surface area contributed by atoms with Crippen molar-refractivity contribution in [2.75, 3.05) is 6.54 Å². The molecule has 3 heteroatoms. The SMILES string of the molecule is CCCCCCCCCC(=O)NCC1CCC(Br)CC1. The number of hydrogen-bond acceptors (Lipinski definition) is 1. The van der Waals surface area contributed by atoms with Gasteiger partial charge < -0.3 is 5.32 Å². The zero-order valence-electron chi connectivity index (χ0n) is 13.1. The van der Waals surface area contributed by atoms with E-state index >= 15 is 0 Å². The first-order valence-electron chi connectivity index (χ1n) is 8.63. The average Bonchev–Trinajstić information content (AvgIpc) is 2.46. The maximum absolute atomic E-state index is 11.8. The van der Waals surface area contributed by atoms with Crippen LogP contribution in [-0.4, -0.2) is 17.3 Å². The zero-order chi connectivity index (χ0) is 14.6. The van der Waals surface area contributed by atoms with Gasteiger partial charge in [-0.15, -0.1) is 0 Å². The molecule has 1 aliphatic rings. The van der Waals surface area contributed by atoms with Crippen LogP contribution in [0.4, 0.5) is 0 Å². The summed E-state index contributed by atoms with van der Waals surface area (Å²) < 4.78 is 0. The van der Waals surface area contributed by atoms with Crippen molar-refractivity contribution in [1.29, 1.82) is 0 Å². The van der Waals surface area contributed by atoms with Gasteiger partial charge in [0.25, 0.3) is 0 Å². The number of nitrogens with one attached hydrogen (secondary N) is 1. The van der Waals surface area contributed by atoms with E-state index in [1.165, 1.54) is 64.2 Å². The average molecular weight is 346 g/mol. The molecular weight excluding hydrogens is 314 g/mol. The quantitative estimate of drug-likeness (QED) is 0.428. The fourth-order valence-electron chi connectivity index (χ4n) is 2.92. The second-order valence-electron chi connectivity index (χ2n) is 6.29. The molecule has 0 bridgehead atoms. The fourth-order valence-corrected chi connectivity index (χ4v) is 3.44. The highest BCUT2D eigenvalue weighted by molar-refractivity contribution is 9.09. The highest BCUT2D eigenvalue weighted by atomic mass is 79.9. The first-order chi connectivity index (χ1) is 9.72. The lowest BCUT2D eigenvalue weighted by Gasteiger charge is -2.25. The van der Waals surface area contributed by atoms with E-state index in [9.17, 15) is 4.79 Å². The largest absolute Gasteiger partial charge is 0.356 e. The molecule has 0 spiro atoms. The minimum atomic E-state index is 0.263. The van der Waals surface area contributed by atoms with Crippen molar-refractivity contribution < 1.29 is 4.79 Å². The molecule has 2 nitrogen and oxygen atoms in total. The van der Waals surface area contributed by atoms with Gasteiger partial charge in [0, 0.05) is 17.8 Å². The van der Waals surface area contributed by atoms with Crippen molar-refractivity contribution in [3.63, 3.8) is 0 Å². The maximum atomic E-state index is 11.8. The Balaban J connectivity index is 1.90. The van der Waals surface area contributed by atoms with Gasteiger partial charge in [0.15, 0.2) is 0 Å². The molecule has 0 atom stereocenters. The van der Waals surface area contributed by atoms with Crippen LogP contribution in [0.1, 0.15) is 84.0 Å². The van der Waals surface area contributed by atoms with Crippen molar-refractivity contribution in [1.82, 2.24) is 5.32 Å². The summed E-state index contributed by atoms with van der Waals surface area (Å²) in [5.74, 6) is 0.973. The summed E-state index contributed by atoms with van der Waals surface area (Å²) in [7, 11) is 0.